The van der Waals surface area contributed by atoms with Gasteiger partial charge in [0.1, 0.15) is 11.2 Å². The first-order chi connectivity index (χ1) is 27.0. The van der Waals surface area contributed by atoms with Crippen molar-refractivity contribution in [1.82, 2.24) is 25.1 Å². The number of hydrogen-bond donors (Lipinski definition) is 2. The van der Waals surface area contributed by atoms with E-state index in [4.69, 9.17) is 48.4 Å². The van der Waals surface area contributed by atoms with Crippen molar-refractivity contribution in [2.45, 2.75) is 116 Å². The van der Waals surface area contributed by atoms with E-state index in [-0.39, 0.29) is 24.3 Å². The van der Waals surface area contributed by atoms with Crippen molar-refractivity contribution in [3.8, 4) is 0 Å². The maximum absolute atomic E-state index is 12.9. The van der Waals surface area contributed by atoms with Gasteiger partial charge in [0.2, 0.25) is 0 Å². The van der Waals surface area contributed by atoms with Crippen LogP contribution < -0.4 is 11.1 Å². The van der Waals surface area contributed by atoms with E-state index in [1.54, 1.807) is 22.7 Å². The zero-order valence-corrected chi connectivity index (χ0v) is 37.5. The number of aromatic nitrogens is 2. The van der Waals surface area contributed by atoms with Crippen LogP contribution in [0, 0.1) is 0 Å². The molecule has 14 heteroatoms. The van der Waals surface area contributed by atoms with Gasteiger partial charge in [-0.3, -0.25) is 9.80 Å². The predicted octanol–water partition coefficient (Wildman–Crippen LogP) is 9.79. The van der Waals surface area contributed by atoms with Crippen LogP contribution >= 0.6 is 45.9 Å². The van der Waals surface area contributed by atoms with Gasteiger partial charge in [-0.05, 0) is 123 Å². The minimum absolute atomic E-state index is 0.121. The number of aryl methyl sites for hydroxylation is 2. The number of hydrogen-bond acceptors (Lipinski definition) is 10. The summed E-state index contributed by atoms with van der Waals surface area (Å²) in [6.45, 7) is 14.3. The van der Waals surface area contributed by atoms with Gasteiger partial charge in [0.05, 0.1) is 33.5 Å². The average Bonchev–Trinajstić information content (AvgIpc) is 3.76. The van der Waals surface area contributed by atoms with Gasteiger partial charge in [-0.2, -0.15) is 0 Å². The Morgan fingerprint density at radius 3 is 1.51 bits per heavy atom. The first kappa shape index (κ1) is 44.8. The van der Waals surface area contributed by atoms with E-state index in [0.717, 1.165) is 77.6 Å². The quantitative estimate of drug-likeness (QED) is 0.143. The first-order valence-electron chi connectivity index (χ1n) is 19.8. The van der Waals surface area contributed by atoms with Crippen LogP contribution in [-0.4, -0.2) is 76.4 Å². The SMILES string of the molecule is CC(C)(C)OC(=O)N1CCc2sc(CCCN)nc2C1Cc1ccc(Cl)cc1.CNCCCc1nc2c(s1)CCN(C(=O)OC(C)(C)C)C2Cc1ccc(Cl)cc1. The van der Waals surface area contributed by atoms with E-state index in [1.165, 1.54) is 9.75 Å². The van der Waals surface area contributed by atoms with Crippen LogP contribution in [0.3, 0.4) is 0 Å². The summed E-state index contributed by atoms with van der Waals surface area (Å²) in [5, 5.41) is 6.85. The number of benzene rings is 2. The van der Waals surface area contributed by atoms with Crippen molar-refractivity contribution in [3.05, 3.63) is 101 Å². The molecular weight excluding hydrogens is 800 g/mol. The number of fused-ring (bicyclic) bond motifs is 2. The summed E-state index contributed by atoms with van der Waals surface area (Å²) in [6.07, 6.45) is 6.28. The highest BCUT2D eigenvalue weighted by molar-refractivity contribution is 7.12. The third kappa shape index (κ3) is 13.1. The molecule has 0 aliphatic carbocycles. The van der Waals surface area contributed by atoms with Gasteiger partial charge in [-0.15, -0.1) is 22.7 Å². The van der Waals surface area contributed by atoms with Crippen molar-refractivity contribution >= 4 is 58.1 Å². The van der Waals surface area contributed by atoms with Gasteiger partial charge in [-0.1, -0.05) is 47.5 Å². The molecule has 2 aliphatic rings. The second kappa shape index (κ2) is 20.1. The lowest BCUT2D eigenvalue weighted by Crippen LogP contribution is -2.43. The second-order valence-electron chi connectivity index (χ2n) is 16.5. The van der Waals surface area contributed by atoms with Gasteiger partial charge >= 0.3 is 12.2 Å². The Bertz CT molecular complexity index is 1920. The van der Waals surface area contributed by atoms with Crippen LogP contribution in [0.15, 0.2) is 48.5 Å². The molecule has 0 fully saturated rings. The molecule has 4 heterocycles. The highest BCUT2D eigenvalue weighted by atomic mass is 35.5. The lowest BCUT2D eigenvalue weighted by Gasteiger charge is -2.36. The molecule has 0 spiro atoms. The smallest absolute Gasteiger partial charge is 0.410 e. The minimum Gasteiger partial charge on any atom is -0.444 e. The standard InChI is InChI=1S/C22H30ClN3O2S.C21H28ClN3O2S/c1-22(2,3)28-21(27)26-13-11-18-20(25-19(29-18)6-5-12-24-4)17(26)14-15-7-9-16(23)10-8-15;1-21(2,3)27-20(26)25-12-10-17-19(24-18(28-17)5-4-11-23)16(25)13-14-6-8-15(22)9-7-14/h7-10,17,24H,5-6,11-14H2,1-4H3;6-9,16H,4-5,10-13,23H2,1-3H3. The Morgan fingerprint density at radius 2 is 1.14 bits per heavy atom. The molecule has 0 saturated heterocycles. The van der Waals surface area contributed by atoms with Gasteiger partial charge in [0, 0.05) is 58.6 Å². The fourth-order valence-corrected chi connectivity index (χ4v) is 9.38. The molecule has 10 nitrogen and oxygen atoms in total. The summed E-state index contributed by atoms with van der Waals surface area (Å²) in [5.74, 6) is 0. The Morgan fingerprint density at radius 1 is 0.737 bits per heavy atom. The summed E-state index contributed by atoms with van der Waals surface area (Å²) >= 11 is 15.6. The number of nitrogens with zero attached hydrogens (tertiary/aromatic N) is 4. The first-order valence-corrected chi connectivity index (χ1v) is 22.2. The van der Waals surface area contributed by atoms with E-state index in [1.807, 2.05) is 107 Å². The summed E-state index contributed by atoms with van der Waals surface area (Å²) < 4.78 is 11.4. The number of nitrogens with two attached hydrogens (primary N) is 1. The molecule has 3 N–H and O–H groups in total. The zero-order chi connectivity index (χ0) is 41.3. The fraction of sp³-hybridized carbons (Fsp3) is 0.535. The highest BCUT2D eigenvalue weighted by Crippen LogP contribution is 2.38. The molecule has 0 saturated carbocycles. The van der Waals surface area contributed by atoms with Gasteiger partial charge < -0.3 is 20.5 Å². The fourth-order valence-electron chi connectivity index (χ4n) is 6.82. The van der Waals surface area contributed by atoms with Gasteiger partial charge in [-0.25, -0.2) is 19.6 Å². The Balaban J connectivity index is 0.000000218. The molecule has 310 valence electrons. The summed E-state index contributed by atoms with van der Waals surface area (Å²) in [6, 6.07) is 15.3. The molecule has 0 bridgehead atoms. The molecule has 4 aromatic rings. The van der Waals surface area contributed by atoms with Crippen LogP contribution in [-0.2, 0) is 48.0 Å². The van der Waals surface area contributed by atoms with Crippen molar-refractivity contribution in [2.75, 3.05) is 33.2 Å². The predicted molar refractivity (Wildman–Crippen MR) is 233 cm³/mol. The maximum Gasteiger partial charge on any atom is 0.410 e. The van der Waals surface area contributed by atoms with Crippen LogP contribution in [0.25, 0.3) is 0 Å². The largest absolute Gasteiger partial charge is 0.444 e. The average molecular weight is 858 g/mol. The van der Waals surface area contributed by atoms with E-state index in [0.29, 0.717) is 42.5 Å². The van der Waals surface area contributed by atoms with Crippen LogP contribution in [0.5, 0.6) is 0 Å². The summed E-state index contributed by atoms with van der Waals surface area (Å²) in [4.78, 5) is 41.9. The van der Waals surface area contributed by atoms with E-state index in [9.17, 15) is 9.59 Å². The monoisotopic (exact) mass is 856 g/mol. The highest BCUT2D eigenvalue weighted by Gasteiger charge is 2.38. The van der Waals surface area contributed by atoms with Crippen LogP contribution in [0.1, 0.15) is 109 Å². The van der Waals surface area contributed by atoms with E-state index in [2.05, 4.69) is 5.32 Å². The Labute approximate surface area is 356 Å². The molecule has 2 aliphatic heterocycles. The third-order valence-corrected chi connectivity index (χ3v) is 12.3. The molecule has 6 rings (SSSR count). The minimum atomic E-state index is -0.531. The van der Waals surface area contributed by atoms with Crippen molar-refractivity contribution in [1.29, 1.82) is 0 Å². The third-order valence-electron chi connectivity index (χ3n) is 9.44. The molecule has 2 amide bonds. The lowest BCUT2D eigenvalue weighted by atomic mass is 9.97. The number of thiazole rings is 2. The number of amides is 2. The number of ether oxygens (including phenoxy) is 2. The number of nitrogens with one attached hydrogen (secondary N) is 1. The molecule has 0 radical (unpaired) electrons. The lowest BCUT2D eigenvalue weighted by molar-refractivity contribution is 0.0128. The van der Waals surface area contributed by atoms with Gasteiger partial charge in [0.25, 0.3) is 0 Å². The van der Waals surface area contributed by atoms with Crippen molar-refractivity contribution in [2.24, 2.45) is 5.73 Å². The second-order valence-corrected chi connectivity index (χ2v) is 19.7. The molecule has 2 unspecified atom stereocenters. The molecule has 2 atom stereocenters. The zero-order valence-electron chi connectivity index (χ0n) is 34.3. The number of rotatable bonds is 11. The number of halogens is 2. The molecule has 2 aromatic heterocycles. The Kier molecular flexibility index (Phi) is 15.8. The molecule has 2 aromatic carbocycles. The molecule has 57 heavy (non-hydrogen) atoms. The topological polar surface area (TPSA) is 123 Å². The number of carbonyl (C=O) groups is 2. The van der Waals surface area contributed by atoms with E-state index >= 15 is 0 Å². The normalized spacial score (nSPS) is 16.7. The number of carbonyl (C=O) groups excluding carboxylic acids is 2. The van der Waals surface area contributed by atoms with Crippen LogP contribution in [0.2, 0.25) is 10.0 Å². The van der Waals surface area contributed by atoms with Crippen molar-refractivity contribution < 1.29 is 19.1 Å². The van der Waals surface area contributed by atoms with E-state index < -0.39 is 11.2 Å². The van der Waals surface area contributed by atoms with Gasteiger partial charge in [0.15, 0.2) is 0 Å². The van der Waals surface area contributed by atoms with Crippen LogP contribution in [0.4, 0.5) is 9.59 Å². The maximum atomic E-state index is 12.9. The molecular formula is C43H58Cl2N6O4S2. The summed E-state index contributed by atoms with van der Waals surface area (Å²) in [7, 11) is 1.97. The van der Waals surface area contributed by atoms with Crippen molar-refractivity contribution in [3.63, 3.8) is 0 Å². The Hall–Kier alpha value is -3.26. The summed E-state index contributed by atoms with van der Waals surface area (Å²) in [5.41, 5.74) is 8.88.